The summed E-state index contributed by atoms with van der Waals surface area (Å²) in [6, 6.07) is 15.9. The number of aromatic nitrogens is 4. The third kappa shape index (κ3) is 3.50. The van der Waals surface area contributed by atoms with Gasteiger partial charge in [-0.1, -0.05) is 41.2 Å². The molecule has 6 nitrogen and oxygen atoms in total. The summed E-state index contributed by atoms with van der Waals surface area (Å²) in [7, 11) is 0. The second-order valence-electron chi connectivity index (χ2n) is 6.22. The van der Waals surface area contributed by atoms with Crippen molar-refractivity contribution in [2.75, 3.05) is 0 Å². The van der Waals surface area contributed by atoms with Crippen LogP contribution in [0, 0.1) is 5.82 Å². The number of halogens is 1. The minimum absolute atomic E-state index is 0.284. The number of furan rings is 1. The molecule has 2 aromatic carbocycles. The lowest BCUT2D eigenvalue weighted by molar-refractivity contribution is 0.424. The highest BCUT2D eigenvalue weighted by molar-refractivity contribution is 7.98. The zero-order valence-corrected chi connectivity index (χ0v) is 15.8. The fraction of sp³-hybridized carbons (Fsp3) is 0.0476. The van der Waals surface area contributed by atoms with Crippen molar-refractivity contribution in [2.45, 2.75) is 10.8 Å². The van der Waals surface area contributed by atoms with Crippen molar-refractivity contribution in [3.05, 3.63) is 78.8 Å². The van der Waals surface area contributed by atoms with Crippen LogP contribution in [0.2, 0.25) is 0 Å². The molecule has 0 amide bonds. The number of hydrogen-bond acceptors (Lipinski definition) is 7. The largest absolute Gasteiger partial charge is 0.472 e. The molecule has 0 aliphatic heterocycles. The second kappa shape index (κ2) is 7.48. The molecule has 8 heteroatoms. The molecule has 0 bridgehead atoms. The van der Waals surface area contributed by atoms with E-state index in [1.54, 1.807) is 30.7 Å². The molecule has 0 aliphatic carbocycles. The number of benzene rings is 2. The number of hydrogen-bond donors (Lipinski definition) is 0. The van der Waals surface area contributed by atoms with Gasteiger partial charge in [0.1, 0.15) is 22.8 Å². The number of rotatable bonds is 5. The first-order valence-electron chi connectivity index (χ1n) is 8.77. The Labute approximate surface area is 168 Å². The van der Waals surface area contributed by atoms with Gasteiger partial charge in [-0.2, -0.15) is 4.98 Å². The summed E-state index contributed by atoms with van der Waals surface area (Å²) in [6.07, 6.45) is 3.11. The van der Waals surface area contributed by atoms with Gasteiger partial charge in [-0.25, -0.2) is 4.39 Å². The van der Waals surface area contributed by atoms with Gasteiger partial charge in [0.05, 0.1) is 17.6 Å². The third-order valence-corrected chi connectivity index (χ3v) is 5.32. The minimum atomic E-state index is -0.284. The Balaban J connectivity index is 1.44. The van der Waals surface area contributed by atoms with Gasteiger partial charge in [0.15, 0.2) is 5.82 Å². The lowest BCUT2D eigenvalue weighted by Gasteiger charge is -2.08. The maximum atomic E-state index is 13.3. The normalized spacial score (nSPS) is 11.2. The Kier molecular flexibility index (Phi) is 4.53. The summed E-state index contributed by atoms with van der Waals surface area (Å²) in [6.45, 7) is 0. The molecule has 0 fully saturated rings. The van der Waals surface area contributed by atoms with Crippen LogP contribution in [0.15, 0.2) is 81.1 Å². The van der Waals surface area contributed by atoms with Crippen LogP contribution in [0.4, 0.5) is 4.39 Å². The molecule has 0 N–H and O–H groups in total. The highest BCUT2D eigenvalue weighted by Gasteiger charge is 2.14. The molecule has 0 atom stereocenters. The van der Waals surface area contributed by atoms with Crippen molar-refractivity contribution in [1.29, 1.82) is 0 Å². The molecule has 142 valence electrons. The van der Waals surface area contributed by atoms with Crippen LogP contribution in [-0.2, 0) is 5.75 Å². The Morgan fingerprint density at radius 1 is 0.897 bits per heavy atom. The van der Waals surface area contributed by atoms with Crippen LogP contribution in [0.1, 0.15) is 5.82 Å². The smallest absolute Gasteiger partial charge is 0.261 e. The molecule has 0 spiro atoms. The lowest BCUT2D eigenvalue weighted by Crippen LogP contribution is -1.94. The van der Waals surface area contributed by atoms with Crippen molar-refractivity contribution < 1.29 is 13.3 Å². The zero-order valence-electron chi connectivity index (χ0n) is 14.9. The molecular weight excluding hydrogens is 391 g/mol. The van der Waals surface area contributed by atoms with Gasteiger partial charge in [-0.15, -0.1) is 10.2 Å². The van der Waals surface area contributed by atoms with E-state index < -0.39 is 0 Å². The van der Waals surface area contributed by atoms with E-state index in [1.165, 1.54) is 23.9 Å². The van der Waals surface area contributed by atoms with Crippen molar-refractivity contribution in [2.24, 2.45) is 0 Å². The molecule has 0 saturated heterocycles. The molecule has 0 aliphatic rings. The van der Waals surface area contributed by atoms with E-state index in [-0.39, 0.29) is 5.82 Å². The van der Waals surface area contributed by atoms with Crippen molar-refractivity contribution in [3.63, 3.8) is 0 Å². The Morgan fingerprint density at radius 2 is 1.72 bits per heavy atom. The van der Waals surface area contributed by atoms with Gasteiger partial charge in [0.25, 0.3) is 5.89 Å². The number of fused-ring (bicyclic) bond motifs is 1. The predicted molar refractivity (Wildman–Crippen MR) is 106 cm³/mol. The highest BCUT2D eigenvalue weighted by atomic mass is 32.2. The van der Waals surface area contributed by atoms with Crippen molar-refractivity contribution >= 4 is 22.5 Å². The Morgan fingerprint density at radius 3 is 2.52 bits per heavy atom. The quantitative estimate of drug-likeness (QED) is 0.364. The summed E-state index contributed by atoms with van der Waals surface area (Å²) in [5.74, 6) is 1.17. The predicted octanol–water partition coefficient (Wildman–Crippen LogP) is 5.37. The van der Waals surface area contributed by atoms with Crippen LogP contribution < -0.4 is 0 Å². The van der Waals surface area contributed by atoms with Crippen LogP contribution in [-0.4, -0.2) is 20.3 Å². The van der Waals surface area contributed by atoms with E-state index in [1.807, 2.05) is 24.3 Å². The Hall–Kier alpha value is -3.52. The van der Waals surface area contributed by atoms with Crippen molar-refractivity contribution in [1.82, 2.24) is 20.3 Å². The molecule has 0 unspecified atom stereocenters. The van der Waals surface area contributed by atoms with Gasteiger partial charge in [-0.3, -0.25) is 0 Å². The molecule has 0 saturated carbocycles. The van der Waals surface area contributed by atoms with E-state index in [0.717, 1.165) is 26.9 Å². The first-order chi connectivity index (χ1) is 14.3. The first kappa shape index (κ1) is 17.6. The first-order valence-corrected chi connectivity index (χ1v) is 9.76. The molecule has 3 aromatic heterocycles. The zero-order chi connectivity index (χ0) is 19.6. The van der Waals surface area contributed by atoms with Gasteiger partial charge < -0.3 is 8.94 Å². The van der Waals surface area contributed by atoms with Gasteiger partial charge in [0, 0.05) is 16.3 Å². The molecular formula is C21H13FN4O2S. The Bertz CT molecular complexity index is 1270. The van der Waals surface area contributed by atoms with Crippen LogP contribution >= 0.6 is 11.8 Å². The molecule has 0 radical (unpaired) electrons. The van der Waals surface area contributed by atoms with E-state index in [2.05, 4.69) is 20.3 Å². The van der Waals surface area contributed by atoms with Gasteiger partial charge in [-0.05, 0) is 30.3 Å². The second-order valence-corrected chi connectivity index (χ2v) is 7.19. The number of thioether (sulfide) groups is 1. The van der Waals surface area contributed by atoms with E-state index in [4.69, 9.17) is 8.94 Å². The van der Waals surface area contributed by atoms with E-state index in [9.17, 15) is 4.39 Å². The average molecular weight is 404 g/mol. The van der Waals surface area contributed by atoms with Crippen LogP contribution in [0.3, 0.4) is 0 Å². The lowest BCUT2D eigenvalue weighted by atomic mass is 10.1. The summed E-state index contributed by atoms with van der Waals surface area (Å²) in [4.78, 5) is 4.38. The monoisotopic (exact) mass is 404 g/mol. The molecule has 29 heavy (non-hydrogen) atoms. The van der Waals surface area contributed by atoms with Gasteiger partial charge in [0.2, 0.25) is 0 Å². The van der Waals surface area contributed by atoms with E-state index >= 15 is 0 Å². The van der Waals surface area contributed by atoms with E-state index in [0.29, 0.717) is 23.2 Å². The molecule has 3 heterocycles. The third-order valence-electron chi connectivity index (χ3n) is 4.35. The van der Waals surface area contributed by atoms with Crippen molar-refractivity contribution in [3.8, 4) is 22.7 Å². The maximum absolute atomic E-state index is 13.3. The molecule has 5 rings (SSSR count). The van der Waals surface area contributed by atoms with Crippen LogP contribution in [0.5, 0.6) is 0 Å². The summed E-state index contributed by atoms with van der Waals surface area (Å²) >= 11 is 1.48. The van der Waals surface area contributed by atoms with Crippen LogP contribution in [0.25, 0.3) is 33.5 Å². The highest BCUT2D eigenvalue weighted by Crippen LogP contribution is 2.33. The average Bonchev–Trinajstić information content (AvgIpc) is 3.45. The fourth-order valence-electron chi connectivity index (χ4n) is 2.96. The fourth-order valence-corrected chi connectivity index (χ4v) is 3.77. The molecule has 5 aromatic rings. The van der Waals surface area contributed by atoms with Gasteiger partial charge >= 0.3 is 0 Å². The maximum Gasteiger partial charge on any atom is 0.261 e. The summed E-state index contributed by atoms with van der Waals surface area (Å²) < 4.78 is 23.6. The minimum Gasteiger partial charge on any atom is -0.472 e. The number of nitrogens with zero attached hydrogens (tertiary/aromatic N) is 4. The standard InChI is InChI=1S/C21H13FN4O2S/c22-15-7-5-13(6-8-15)19-16-3-1-2-4-17(16)21(25-24-19)29-12-18-23-20(28-26-18)14-9-10-27-11-14/h1-11H,12H2. The summed E-state index contributed by atoms with van der Waals surface area (Å²) in [5.41, 5.74) is 2.27. The topological polar surface area (TPSA) is 77.8 Å². The SMILES string of the molecule is Fc1ccc(-c2nnc(SCc3noc(-c4ccoc4)n3)c3ccccc23)cc1. The summed E-state index contributed by atoms with van der Waals surface area (Å²) in [5, 5.41) is 15.5.